The number of amides is 1. The molecule has 0 saturated carbocycles. The molecule has 5 nitrogen and oxygen atoms in total. The second-order valence-corrected chi connectivity index (χ2v) is 7.87. The number of hydrazone groups is 1. The van der Waals surface area contributed by atoms with Gasteiger partial charge in [-0.05, 0) is 36.2 Å². The van der Waals surface area contributed by atoms with Gasteiger partial charge in [0.2, 0.25) is 5.72 Å². The molecule has 0 bridgehead atoms. The summed E-state index contributed by atoms with van der Waals surface area (Å²) in [7, 11) is 0. The topological polar surface area (TPSA) is 62.1 Å². The molecule has 0 fully saturated rings. The van der Waals surface area contributed by atoms with Crippen LogP contribution in [0.5, 0.6) is 5.75 Å². The van der Waals surface area contributed by atoms with E-state index in [9.17, 15) is 40.6 Å². The van der Waals surface area contributed by atoms with Gasteiger partial charge in [0.15, 0.2) is 6.61 Å². The van der Waals surface area contributed by atoms with Crippen molar-refractivity contribution in [1.82, 2.24) is 5.01 Å². The number of benzene rings is 2. The fraction of sp³-hybridized carbons (Fsp3) is 0.333. The number of halogens is 8. The molecule has 0 aliphatic carbocycles. The molecule has 0 aromatic heterocycles. The first-order valence-corrected chi connectivity index (χ1v) is 9.89. The summed E-state index contributed by atoms with van der Waals surface area (Å²) in [5.74, 6) is -14.4. The summed E-state index contributed by atoms with van der Waals surface area (Å²) in [6, 6.07) is 11.0. The highest BCUT2D eigenvalue weighted by Gasteiger charge is 2.82. The summed E-state index contributed by atoms with van der Waals surface area (Å²) in [4.78, 5) is 12.6. The largest absolute Gasteiger partial charge is 0.484 e. The normalized spacial score (nSPS) is 19.2. The predicted octanol–water partition coefficient (Wildman–Crippen LogP) is 5.19. The third kappa shape index (κ3) is 4.31. The second kappa shape index (κ2) is 8.73. The molecule has 2 aromatic rings. The van der Waals surface area contributed by atoms with Gasteiger partial charge >= 0.3 is 18.0 Å². The summed E-state index contributed by atoms with van der Waals surface area (Å²) >= 11 is 5.86. The first kappa shape index (κ1) is 25.8. The number of ether oxygens (including phenoxy) is 1. The number of carbonyl (C=O) groups is 1. The van der Waals surface area contributed by atoms with E-state index in [0.717, 1.165) is 0 Å². The predicted molar refractivity (Wildman–Crippen MR) is 107 cm³/mol. The van der Waals surface area contributed by atoms with Crippen LogP contribution in [-0.4, -0.2) is 52.1 Å². The monoisotopic (exact) mass is 512 g/mol. The number of carbonyl (C=O) groups excluding carboxylic acids is 1. The van der Waals surface area contributed by atoms with Crippen molar-refractivity contribution in [3.8, 4) is 5.75 Å². The molecule has 34 heavy (non-hydrogen) atoms. The van der Waals surface area contributed by atoms with Gasteiger partial charge in [-0.2, -0.15) is 40.8 Å². The third-order valence-corrected chi connectivity index (χ3v) is 5.50. The zero-order valence-electron chi connectivity index (χ0n) is 17.2. The van der Waals surface area contributed by atoms with E-state index in [1.54, 1.807) is 6.92 Å². The lowest BCUT2D eigenvalue weighted by Gasteiger charge is -2.41. The van der Waals surface area contributed by atoms with Crippen LogP contribution in [0.15, 0.2) is 53.6 Å². The Balaban J connectivity index is 1.98. The van der Waals surface area contributed by atoms with Crippen LogP contribution < -0.4 is 4.74 Å². The van der Waals surface area contributed by atoms with Gasteiger partial charge in [-0.15, -0.1) is 0 Å². The van der Waals surface area contributed by atoms with Gasteiger partial charge in [-0.25, -0.2) is 0 Å². The van der Waals surface area contributed by atoms with Crippen molar-refractivity contribution in [2.45, 2.75) is 37.1 Å². The minimum absolute atomic E-state index is 0.0246. The van der Waals surface area contributed by atoms with Crippen molar-refractivity contribution in [1.29, 1.82) is 0 Å². The molecule has 1 atom stereocenters. The summed E-state index contributed by atoms with van der Waals surface area (Å²) in [6.07, 6.45) is -8.23. The number of hydrogen-bond donors (Lipinski definition) is 1. The highest BCUT2D eigenvalue weighted by molar-refractivity contribution is 6.31. The smallest absolute Gasteiger partial charge is 0.460 e. The molecule has 2 aromatic carbocycles. The lowest BCUT2D eigenvalue weighted by atomic mass is 9.91. The standard InChI is InChI=1S/C21H16ClF7N2O3/c1-12-9-14(7-8-15(12)22)34-11-17(32)31-18(33,19(23,24)20(25,26)21(27,28)29)10-16(30-31)13-5-3-2-4-6-13/h2-9,33H,10-11H2,1H3/t18-/m1/s1. The van der Waals surface area contributed by atoms with E-state index in [1.165, 1.54) is 48.5 Å². The molecule has 1 N–H and O–H groups in total. The van der Waals surface area contributed by atoms with Crippen molar-refractivity contribution in [2.75, 3.05) is 6.61 Å². The number of aryl methyl sites for hydroxylation is 1. The first-order chi connectivity index (χ1) is 15.6. The Hall–Kier alpha value is -2.86. The number of aliphatic hydroxyl groups is 1. The summed E-state index contributed by atoms with van der Waals surface area (Å²) in [5.41, 5.74) is -4.30. The highest BCUT2D eigenvalue weighted by Crippen LogP contribution is 2.54. The molecule has 184 valence electrons. The molecule has 0 spiro atoms. The van der Waals surface area contributed by atoms with E-state index in [0.29, 0.717) is 10.6 Å². The third-order valence-electron chi connectivity index (χ3n) is 5.07. The molecule has 3 rings (SSSR count). The van der Waals surface area contributed by atoms with E-state index < -0.39 is 53.4 Å². The lowest BCUT2D eigenvalue weighted by molar-refractivity contribution is -0.401. The second-order valence-electron chi connectivity index (χ2n) is 7.46. The fourth-order valence-corrected chi connectivity index (χ4v) is 3.30. The molecule has 0 saturated heterocycles. The molecule has 1 aliphatic heterocycles. The number of rotatable bonds is 6. The van der Waals surface area contributed by atoms with Crippen LogP contribution in [0.2, 0.25) is 5.02 Å². The summed E-state index contributed by atoms with van der Waals surface area (Å²) < 4.78 is 101. The van der Waals surface area contributed by atoms with Crippen LogP contribution in [0.4, 0.5) is 30.7 Å². The van der Waals surface area contributed by atoms with Gasteiger partial charge in [-0.1, -0.05) is 41.9 Å². The van der Waals surface area contributed by atoms with Crippen molar-refractivity contribution >= 4 is 23.2 Å². The number of alkyl halides is 7. The molecular weight excluding hydrogens is 497 g/mol. The average Bonchev–Trinajstić information content (AvgIpc) is 3.13. The van der Waals surface area contributed by atoms with Gasteiger partial charge in [-0.3, -0.25) is 4.79 Å². The average molecular weight is 513 g/mol. The van der Waals surface area contributed by atoms with Crippen LogP contribution >= 0.6 is 11.6 Å². The Bertz CT molecular complexity index is 1110. The van der Waals surface area contributed by atoms with Crippen molar-refractivity contribution in [3.05, 3.63) is 64.7 Å². The zero-order valence-corrected chi connectivity index (χ0v) is 18.0. The molecular formula is C21H16ClF7N2O3. The Morgan fingerprint density at radius 3 is 2.29 bits per heavy atom. The maximum atomic E-state index is 14.7. The SMILES string of the molecule is Cc1cc(OCC(=O)N2N=C(c3ccccc3)C[C@@]2(O)C(F)(F)C(F)(F)C(F)(F)F)ccc1Cl. The van der Waals surface area contributed by atoms with Crippen LogP contribution in [0.1, 0.15) is 17.5 Å². The van der Waals surface area contributed by atoms with E-state index in [4.69, 9.17) is 16.3 Å². The van der Waals surface area contributed by atoms with Gasteiger partial charge in [0.1, 0.15) is 5.75 Å². The molecule has 0 unspecified atom stereocenters. The Kier molecular flexibility index (Phi) is 6.61. The quantitative estimate of drug-likeness (QED) is 0.542. The summed E-state index contributed by atoms with van der Waals surface area (Å²) in [5, 5.41) is 13.9. The molecule has 1 heterocycles. The van der Waals surface area contributed by atoms with E-state index in [1.807, 2.05) is 0 Å². The van der Waals surface area contributed by atoms with Crippen molar-refractivity contribution in [2.24, 2.45) is 5.10 Å². The van der Waals surface area contributed by atoms with E-state index in [-0.39, 0.29) is 11.3 Å². The molecule has 13 heteroatoms. The van der Waals surface area contributed by atoms with Gasteiger partial charge < -0.3 is 9.84 Å². The molecule has 1 amide bonds. The van der Waals surface area contributed by atoms with Gasteiger partial charge in [0.25, 0.3) is 5.91 Å². The maximum absolute atomic E-state index is 14.7. The Labute approximate surface area is 193 Å². The van der Waals surface area contributed by atoms with E-state index >= 15 is 0 Å². The van der Waals surface area contributed by atoms with Crippen LogP contribution in [-0.2, 0) is 4.79 Å². The van der Waals surface area contributed by atoms with Crippen LogP contribution in [0, 0.1) is 6.92 Å². The Morgan fingerprint density at radius 1 is 1.12 bits per heavy atom. The number of nitrogens with zero attached hydrogens (tertiary/aromatic N) is 2. The highest BCUT2D eigenvalue weighted by atomic mass is 35.5. The van der Waals surface area contributed by atoms with Gasteiger partial charge in [0.05, 0.1) is 5.71 Å². The maximum Gasteiger partial charge on any atom is 0.460 e. The zero-order chi connectivity index (χ0) is 25.5. The first-order valence-electron chi connectivity index (χ1n) is 9.51. The Morgan fingerprint density at radius 2 is 1.74 bits per heavy atom. The minimum Gasteiger partial charge on any atom is -0.484 e. The number of hydrogen-bond acceptors (Lipinski definition) is 4. The van der Waals surface area contributed by atoms with Gasteiger partial charge in [0, 0.05) is 11.4 Å². The molecule has 0 radical (unpaired) electrons. The molecule has 1 aliphatic rings. The van der Waals surface area contributed by atoms with Crippen LogP contribution in [0.3, 0.4) is 0 Å². The fourth-order valence-electron chi connectivity index (χ4n) is 3.19. The minimum atomic E-state index is -6.73. The van der Waals surface area contributed by atoms with Crippen LogP contribution in [0.25, 0.3) is 0 Å². The lowest BCUT2D eigenvalue weighted by Crippen LogP contribution is -2.69. The van der Waals surface area contributed by atoms with Crippen molar-refractivity contribution in [3.63, 3.8) is 0 Å². The summed E-state index contributed by atoms with van der Waals surface area (Å²) in [6.45, 7) is 0.481. The van der Waals surface area contributed by atoms with Crippen molar-refractivity contribution < 1.29 is 45.4 Å². The van der Waals surface area contributed by atoms with E-state index in [2.05, 4.69) is 5.10 Å².